The number of carboxylic acids is 1. The summed E-state index contributed by atoms with van der Waals surface area (Å²) in [5.74, 6) is 0.892. The van der Waals surface area contributed by atoms with Crippen molar-refractivity contribution in [3.8, 4) is 12.3 Å². The smallest absolute Gasteiger partial charge is 0.326 e. The fourth-order valence-electron chi connectivity index (χ4n) is 2.40. The van der Waals surface area contributed by atoms with Gasteiger partial charge in [-0.05, 0) is 11.1 Å². The number of carbonyl (C=O) groups excluding carboxylic acids is 1. The van der Waals surface area contributed by atoms with Crippen LogP contribution in [0.3, 0.4) is 0 Å². The highest BCUT2D eigenvalue weighted by Gasteiger charge is 2.36. The molecule has 0 fully saturated rings. The molecule has 0 saturated heterocycles. The highest BCUT2D eigenvalue weighted by atomic mass is 16.4. The summed E-state index contributed by atoms with van der Waals surface area (Å²) in [6, 6.07) is 5.76. The molecule has 1 aromatic carbocycles. The highest BCUT2D eigenvalue weighted by molar-refractivity contribution is 5.87. The predicted octanol–water partition coefficient (Wildman–Crippen LogP) is 0.375. The van der Waals surface area contributed by atoms with E-state index in [1.54, 1.807) is 0 Å². The summed E-state index contributed by atoms with van der Waals surface area (Å²) >= 11 is 0. The number of terminal acetylenes is 1. The zero-order chi connectivity index (χ0) is 14.7. The van der Waals surface area contributed by atoms with Gasteiger partial charge in [0.15, 0.2) is 0 Å². The minimum atomic E-state index is -1.03. The van der Waals surface area contributed by atoms with Gasteiger partial charge in [0.2, 0.25) is 5.91 Å². The number of amides is 1. The van der Waals surface area contributed by atoms with E-state index >= 15 is 0 Å². The summed E-state index contributed by atoms with van der Waals surface area (Å²) < 4.78 is 0. The van der Waals surface area contributed by atoms with Gasteiger partial charge in [-0.1, -0.05) is 24.3 Å². The molecular weight excluding hydrogens is 256 g/mol. The van der Waals surface area contributed by atoms with Gasteiger partial charge in [0.1, 0.15) is 6.04 Å². The molecule has 5 nitrogen and oxygen atoms in total. The standard InChI is InChI=1S/C15H16N2O3/c1-2-5-12(16)14(18)17-9-11-7-4-3-6-10(11)8-13(17)15(19)20/h1,3-4,6-7,12-13H,5,8-9,16H2,(H,19,20). The fraction of sp³-hybridized carbons (Fsp3) is 0.333. The Kier molecular flexibility index (Phi) is 4.06. The lowest BCUT2D eigenvalue weighted by atomic mass is 9.93. The number of carbonyl (C=O) groups is 2. The molecule has 1 aromatic rings. The van der Waals surface area contributed by atoms with Crippen LogP contribution in [-0.4, -0.2) is 34.0 Å². The molecule has 1 aliphatic heterocycles. The number of carboxylic acid groups (broad SMARTS) is 1. The maximum Gasteiger partial charge on any atom is 0.326 e. The Hall–Kier alpha value is -2.32. The largest absolute Gasteiger partial charge is 0.480 e. The third-order valence-corrected chi connectivity index (χ3v) is 3.47. The Morgan fingerprint density at radius 3 is 2.70 bits per heavy atom. The zero-order valence-electron chi connectivity index (χ0n) is 11.0. The molecule has 0 radical (unpaired) electrons. The Labute approximate surface area is 117 Å². The molecule has 0 aliphatic carbocycles. The van der Waals surface area contributed by atoms with Gasteiger partial charge in [-0.25, -0.2) is 4.79 Å². The third-order valence-electron chi connectivity index (χ3n) is 3.47. The first kappa shape index (κ1) is 14.1. The Bertz CT molecular complexity index is 577. The van der Waals surface area contributed by atoms with Crippen molar-refractivity contribution in [1.29, 1.82) is 0 Å². The molecule has 0 bridgehead atoms. The number of nitrogens with two attached hydrogens (primary N) is 1. The molecule has 0 saturated carbocycles. The first-order valence-electron chi connectivity index (χ1n) is 6.33. The van der Waals surface area contributed by atoms with Crippen molar-refractivity contribution in [2.45, 2.75) is 31.5 Å². The summed E-state index contributed by atoms with van der Waals surface area (Å²) in [6.45, 7) is 0.254. The van der Waals surface area contributed by atoms with E-state index < -0.39 is 24.0 Å². The highest BCUT2D eigenvalue weighted by Crippen LogP contribution is 2.24. The minimum absolute atomic E-state index is 0.101. The lowest BCUT2D eigenvalue weighted by Gasteiger charge is -2.35. The lowest BCUT2D eigenvalue weighted by molar-refractivity contribution is -0.151. The number of hydrogen-bond acceptors (Lipinski definition) is 3. The van der Waals surface area contributed by atoms with E-state index in [0.717, 1.165) is 11.1 Å². The van der Waals surface area contributed by atoms with E-state index in [4.69, 9.17) is 12.2 Å². The summed E-state index contributed by atoms with van der Waals surface area (Å²) in [7, 11) is 0. The van der Waals surface area contributed by atoms with Gasteiger partial charge < -0.3 is 15.7 Å². The van der Waals surface area contributed by atoms with Gasteiger partial charge in [0.25, 0.3) is 0 Å². The first-order chi connectivity index (χ1) is 9.54. The number of aliphatic carboxylic acids is 1. The number of hydrogen-bond donors (Lipinski definition) is 2. The summed E-state index contributed by atoms with van der Waals surface area (Å²) in [5, 5.41) is 9.32. The maximum atomic E-state index is 12.3. The molecule has 20 heavy (non-hydrogen) atoms. The Balaban J connectivity index is 2.29. The van der Waals surface area contributed by atoms with Crippen LogP contribution < -0.4 is 5.73 Å². The number of fused-ring (bicyclic) bond motifs is 1. The molecule has 1 heterocycles. The summed E-state index contributed by atoms with van der Waals surface area (Å²) in [5.41, 5.74) is 7.62. The van der Waals surface area contributed by atoms with E-state index in [0.29, 0.717) is 6.42 Å². The van der Waals surface area contributed by atoms with Crippen LogP contribution in [0.15, 0.2) is 24.3 Å². The van der Waals surface area contributed by atoms with Crippen molar-refractivity contribution in [1.82, 2.24) is 4.90 Å². The van der Waals surface area contributed by atoms with Crippen molar-refractivity contribution in [2.75, 3.05) is 0 Å². The lowest BCUT2D eigenvalue weighted by Crippen LogP contribution is -2.53. The molecule has 2 unspecified atom stereocenters. The van der Waals surface area contributed by atoms with E-state index in [1.165, 1.54) is 4.90 Å². The Morgan fingerprint density at radius 2 is 2.10 bits per heavy atom. The summed E-state index contributed by atoms with van der Waals surface area (Å²) in [6.07, 6.45) is 5.54. The molecule has 5 heteroatoms. The Morgan fingerprint density at radius 1 is 1.45 bits per heavy atom. The van der Waals surface area contributed by atoms with E-state index in [1.807, 2.05) is 24.3 Å². The number of benzene rings is 1. The van der Waals surface area contributed by atoms with E-state index in [-0.39, 0.29) is 13.0 Å². The maximum absolute atomic E-state index is 12.3. The molecule has 0 aromatic heterocycles. The van der Waals surface area contributed by atoms with Crippen LogP contribution in [0, 0.1) is 12.3 Å². The molecule has 2 rings (SSSR count). The average molecular weight is 272 g/mol. The SMILES string of the molecule is C#CCC(N)C(=O)N1Cc2ccccc2CC1C(=O)O. The minimum Gasteiger partial charge on any atom is -0.480 e. The van der Waals surface area contributed by atoms with E-state index in [2.05, 4.69) is 5.92 Å². The molecule has 1 amide bonds. The fourth-order valence-corrected chi connectivity index (χ4v) is 2.40. The van der Waals surface area contributed by atoms with Crippen molar-refractivity contribution >= 4 is 11.9 Å². The third kappa shape index (κ3) is 2.65. The topological polar surface area (TPSA) is 83.6 Å². The van der Waals surface area contributed by atoms with Crippen molar-refractivity contribution < 1.29 is 14.7 Å². The van der Waals surface area contributed by atoms with Crippen LogP contribution in [0.1, 0.15) is 17.5 Å². The predicted molar refractivity (Wildman–Crippen MR) is 73.5 cm³/mol. The first-order valence-corrected chi connectivity index (χ1v) is 6.33. The average Bonchev–Trinajstić information content (AvgIpc) is 2.45. The molecular formula is C15H16N2O3. The van der Waals surface area contributed by atoms with E-state index in [9.17, 15) is 14.7 Å². The number of rotatable bonds is 3. The second kappa shape index (κ2) is 5.76. The summed E-state index contributed by atoms with van der Waals surface area (Å²) in [4.78, 5) is 25.0. The van der Waals surface area contributed by atoms with Crippen LogP contribution in [0.2, 0.25) is 0 Å². The quantitative estimate of drug-likeness (QED) is 0.779. The van der Waals surface area contributed by atoms with Crippen LogP contribution in [0.25, 0.3) is 0 Å². The number of nitrogens with zero attached hydrogens (tertiary/aromatic N) is 1. The molecule has 1 aliphatic rings. The second-order valence-corrected chi connectivity index (χ2v) is 4.81. The van der Waals surface area contributed by atoms with Gasteiger partial charge >= 0.3 is 5.97 Å². The molecule has 0 spiro atoms. The van der Waals surface area contributed by atoms with Gasteiger partial charge in [0, 0.05) is 19.4 Å². The zero-order valence-corrected chi connectivity index (χ0v) is 11.0. The molecule has 2 atom stereocenters. The van der Waals surface area contributed by atoms with Crippen molar-refractivity contribution in [3.05, 3.63) is 35.4 Å². The molecule has 3 N–H and O–H groups in total. The van der Waals surface area contributed by atoms with Crippen LogP contribution in [0.4, 0.5) is 0 Å². The van der Waals surface area contributed by atoms with Crippen molar-refractivity contribution in [2.24, 2.45) is 5.73 Å². The van der Waals surface area contributed by atoms with Crippen molar-refractivity contribution in [3.63, 3.8) is 0 Å². The van der Waals surface area contributed by atoms with Gasteiger partial charge in [-0.2, -0.15) is 0 Å². The van der Waals surface area contributed by atoms with Gasteiger partial charge in [-0.15, -0.1) is 12.3 Å². The normalized spacial score (nSPS) is 18.8. The monoisotopic (exact) mass is 272 g/mol. The van der Waals surface area contributed by atoms with Crippen LogP contribution in [-0.2, 0) is 22.6 Å². The van der Waals surface area contributed by atoms with Gasteiger partial charge in [-0.3, -0.25) is 4.79 Å². The van der Waals surface area contributed by atoms with Gasteiger partial charge in [0.05, 0.1) is 6.04 Å². The van der Waals surface area contributed by atoms with Crippen LogP contribution in [0.5, 0.6) is 0 Å². The molecule has 104 valence electrons. The second-order valence-electron chi connectivity index (χ2n) is 4.81. The van der Waals surface area contributed by atoms with Crippen LogP contribution >= 0.6 is 0 Å².